The summed E-state index contributed by atoms with van der Waals surface area (Å²) in [5.41, 5.74) is 0. The fourth-order valence-corrected chi connectivity index (χ4v) is 2.34. The molecule has 0 aromatic heterocycles. The predicted octanol–water partition coefficient (Wildman–Crippen LogP) is -0.119. The number of hydrogen-bond donors (Lipinski definition) is 1. The summed E-state index contributed by atoms with van der Waals surface area (Å²) in [7, 11) is -3.18. The number of nitrogens with one attached hydrogen (secondary N) is 1. The van der Waals surface area contributed by atoms with E-state index in [2.05, 4.69) is 11.2 Å². The van der Waals surface area contributed by atoms with E-state index in [4.69, 9.17) is 6.42 Å². The van der Waals surface area contributed by atoms with E-state index in [1.165, 1.54) is 4.31 Å². The maximum atomic E-state index is 11.6. The second-order valence-electron chi connectivity index (χ2n) is 2.80. The highest BCUT2D eigenvalue weighted by molar-refractivity contribution is 7.89. The van der Waals surface area contributed by atoms with E-state index < -0.39 is 10.0 Å². The van der Waals surface area contributed by atoms with E-state index in [9.17, 15) is 8.42 Å². The van der Waals surface area contributed by atoms with Crippen LogP contribution < -0.4 is 5.32 Å². The highest BCUT2D eigenvalue weighted by atomic mass is 32.2. The Bertz CT molecular complexity index is 280. The number of nitrogens with zero attached hydrogens (tertiary/aromatic N) is 1. The topological polar surface area (TPSA) is 49.4 Å². The van der Waals surface area contributed by atoms with Crippen molar-refractivity contribution < 1.29 is 8.42 Å². The molecule has 0 aliphatic carbocycles. The average molecular weight is 218 g/mol. The second-order valence-corrected chi connectivity index (χ2v) is 4.89. The van der Waals surface area contributed by atoms with Crippen LogP contribution in [0, 0.1) is 12.3 Å². The molecule has 4 nitrogen and oxygen atoms in total. The van der Waals surface area contributed by atoms with Crippen molar-refractivity contribution in [2.24, 2.45) is 0 Å². The van der Waals surface area contributed by atoms with E-state index >= 15 is 0 Å². The van der Waals surface area contributed by atoms with Crippen LogP contribution in [-0.2, 0) is 10.0 Å². The molecular weight excluding hydrogens is 200 g/mol. The van der Waals surface area contributed by atoms with Crippen LogP contribution in [0.5, 0.6) is 0 Å². The molecule has 0 saturated heterocycles. The first-order valence-electron chi connectivity index (χ1n) is 4.70. The molecule has 1 N–H and O–H groups in total. The molecule has 0 spiro atoms. The smallest absolute Gasteiger partial charge is 0.216 e. The van der Waals surface area contributed by atoms with Gasteiger partial charge in [-0.15, -0.1) is 6.42 Å². The van der Waals surface area contributed by atoms with E-state index in [1.807, 2.05) is 6.92 Å². The lowest BCUT2D eigenvalue weighted by molar-refractivity contribution is 0.462. The predicted molar refractivity (Wildman–Crippen MR) is 58.4 cm³/mol. The molecule has 0 aromatic carbocycles. The van der Waals surface area contributed by atoms with Crippen molar-refractivity contribution in [3.8, 4) is 12.3 Å². The molecule has 0 aliphatic rings. The van der Waals surface area contributed by atoms with Crippen LogP contribution in [0.15, 0.2) is 0 Å². The van der Waals surface area contributed by atoms with Gasteiger partial charge >= 0.3 is 0 Å². The maximum absolute atomic E-state index is 11.6. The first kappa shape index (κ1) is 13.4. The molecule has 5 heteroatoms. The average Bonchev–Trinajstić information content (AvgIpc) is 2.14. The van der Waals surface area contributed by atoms with E-state index in [1.54, 1.807) is 6.92 Å². The Labute approximate surface area is 86.7 Å². The summed E-state index contributed by atoms with van der Waals surface area (Å²) in [6.45, 7) is 5.55. The van der Waals surface area contributed by atoms with Gasteiger partial charge in [0.25, 0.3) is 0 Å². The van der Waals surface area contributed by atoms with Crippen LogP contribution in [0.1, 0.15) is 13.8 Å². The zero-order valence-corrected chi connectivity index (χ0v) is 9.60. The molecule has 0 saturated carbocycles. The molecule has 0 aromatic rings. The van der Waals surface area contributed by atoms with Crippen LogP contribution in [0.3, 0.4) is 0 Å². The number of sulfonamides is 1. The van der Waals surface area contributed by atoms with Crippen LogP contribution in [0.25, 0.3) is 0 Å². The number of terminal acetylenes is 1. The van der Waals surface area contributed by atoms with Gasteiger partial charge in [-0.25, -0.2) is 8.42 Å². The third kappa shape index (κ3) is 4.61. The maximum Gasteiger partial charge on any atom is 0.216 e. The molecule has 82 valence electrons. The van der Waals surface area contributed by atoms with Crippen molar-refractivity contribution in [1.29, 1.82) is 0 Å². The summed E-state index contributed by atoms with van der Waals surface area (Å²) in [6, 6.07) is 0. The second kappa shape index (κ2) is 6.82. The standard InChI is InChI=1S/C9H18N2O2S/c1-4-8-11(6-3)14(12,13)9-7-10-5-2/h1,10H,5-9H2,2-3H3. The van der Waals surface area contributed by atoms with Gasteiger partial charge in [-0.05, 0) is 6.54 Å². The van der Waals surface area contributed by atoms with Gasteiger partial charge < -0.3 is 5.32 Å². The van der Waals surface area contributed by atoms with Crippen molar-refractivity contribution in [1.82, 2.24) is 9.62 Å². The van der Waals surface area contributed by atoms with Crippen LogP contribution in [-0.4, -0.2) is 44.7 Å². The zero-order chi connectivity index (χ0) is 11.0. The summed E-state index contributed by atoms with van der Waals surface area (Å²) in [6.07, 6.45) is 5.08. The third-order valence-corrected chi connectivity index (χ3v) is 3.69. The van der Waals surface area contributed by atoms with E-state index in [-0.39, 0.29) is 12.3 Å². The summed E-state index contributed by atoms with van der Waals surface area (Å²) < 4.78 is 24.5. The van der Waals surface area contributed by atoms with Crippen LogP contribution in [0.4, 0.5) is 0 Å². The minimum Gasteiger partial charge on any atom is -0.316 e. The normalized spacial score (nSPS) is 11.6. The molecule has 0 atom stereocenters. The molecule has 0 aliphatic heterocycles. The van der Waals surface area contributed by atoms with Gasteiger partial charge in [-0.2, -0.15) is 4.31 Å². The Hall–Kier alpha value is -0.570. The van der Waals surface area contributed by atoms with Gasteiger partial charge in [0.1, 0.15) is 0 Å². The van der Waals surface area contributed by atoms with Gasteiger partial charge in [0.15, 0.2) is 0 Å². The van der Waals surface area contributed by atoms with Gasteiger partial charge in [0.2, 0.25) is 10.0 Å². The van der Waals surface area contributed by atoms with Crippen LogP contribution >= 0.6 is 0 Å². The lowest BCUT2D eigenvalue weighted by Crippen LogP contribution is -2.36. The van der Waals surface area contributed by atoms with Gasteiger partial charge in [-0.3, -0.25) is 0 Å². The Morgan fingerprint density at radius 3 is 2.50 bits per heavy atom. The minimum absolute atomic E-state index is 0.107. The minimum atomic E-state index is -3.18. The van der Waals surface area contributed by atoms with Gasteiger partial charge in [0.05, 0.1) is 12.3 Å². The highest BCUT2D eigenvalue weighted by Crippen LogP contribution is 1.99. The molecule has 14 heavy (non-hydrogen) atoms. The molecule has 0 fully saturated rings. The van der Waals surface area contributed by atoms with Gasteiger partial charge in [0, 0.05) is 13.1 Å². The van der Waals surface area contributed by atoms with Gasteiger partial charge in [-0.1, -0.05) is 19.8 Å². The zero-order valence-electron chi connectivity index (χ0n) is 8.78. The largest absolute Gasteiger partial charge is 0.316 e. The molecule has 0 amide bonds. The fraction of sp³-hybridized carbons (Fsp3) is 0.778. The molecular formula is C9H18N2O2S. The molecule has 0 unspecified atom stereocenters. The molecule has 0 radical (unpaired) electrons. The number of rotatable bonds is 7. The van der Waals surface area contributed by atoms with Crippen molar-refractivity contribution in [3.05, 3.63) is 0 Å². The Balaban J connectivity index is 4.21. The lowest BCUT2D eigenvalue weighted by Gasteiger charge is -2.17. The molecule has 0 rings (SSSR count). The molecule has 0 heterocycles. The summed E-state index contributed by atoms with van der Waals surface area (Å²) in [4.78, 5) is 0. The van der Waals surface area contributed by atoms with Crippen molar-refractivity contribution >= 4 is 10.0 Å². The highest BCUT2D eigenvalue weighted by Gasteiger charge is 2.18. The summed E-state index contributed by atoms with van der Waals surface area (Å²) in [5, 5.41) is 2.97. The van der Waals surface area contributed by atoms with Crippen molar-refractivity contribution in [2.45, 2.75) is 13.8 Å². The Morgan fingerprint density at radius 1 is 1.43 bits per heavy atom. The quantitative estimate of drug-likeness (QED) is 0.479. The summed E-state index contributed by atoms with van der Waals surface area (Å²) in [5.74, 6) is 2.45. The lowest BCUT2D eigenvalue weighted by atomic mass is 10.6. The van der Waals surface area contributed by atoms with Crippen molar-refractivity contribution in [2.75, 3.05) is 31.9 Å². The first-order valence-corrected chi connectivity index (χ1v) is 6.31. The fourth-order valence-electron chi connectivity index (χ4n) is 1.02. The number of hydrogen-bond acceptors (Lipinski definition) is 3. The third-order valence-electron chi connectivity index (χ3n) is 1.80. The SMILES string of the molecule is C#CCN(CC)S(=O)(=O)CCNCC. The molecule has 0 bridgehead atoms. The first-order chi connectivity index (χ1) is 6.58. The summed E-state index contributed by atoms with van der Waals surface area (Å²) >= 11 is 0. The van der Waals surface area contributed by atoms with Crippen molar-refractivity contribution in [3.63, 3.8) is 0 Å². The van der Waals surface area contributed by atoms with Crippen LogP contribution in [0.2, 0.25) is 0 Å². The van der Waals surface area contributed by atoms with E-state index in [0.717, 1.165) is 6.54 Å². The van der Waals surface area contributed by atoms with E-state index in [0.29, 0.717) is 13.1 Å². The Morgan fingerprint density at radius 2 is 2.07 bits per heavy atom. The monoisotopic (exact) mass is 218 g/mol. The Kier molecular flexibility index (Phi) is 6.54.